The van der Waals surface area contributed by atoms with Gasteiger partial charge in [0.25, 0.3) is 0 Å². The standard InChI is InChI=1S/C19H37NO/c1-5-20-18(12-13-19(2,3)21-4)17-11-10-15-8-6-7-9-16(15)14-17/h15-18,20H,5-14H2,1-4H3. The lowest BCUT2D eigenvalue weighted by atomic mass is 9.65. The van der Waals surface area contributed by atoms with Crippen molar-refractivity contribution in [1.82, 2.24) is 5.32 Å². The van der Waals surface area contributed by atoms with Gasteiger partial charge in [0.15, 0.2) is 0 Å². The molecule has 21 heavy (non-hydrogen) atoms. The quantitative estimate of drug-likeness (QED) is 0.730. The van der Waals surface area contributed by atoms with Crippen LogP contribution in [0.5, 0.6) is 0 Å². The Labute approximate surface area is 132 Å². The molecular weight excluding hydrogens is 258 g/mol. The summed E-state index contributed by atoms with van der Waals surface area (Å²) in [6, 6.07) is 0.701. The molecule has 124 valence electrons. The first-order valence-corrected chi connectivity index (χ1v) is 9.34. The Bertz CT molecular complexity index is 302. The fourth-order valence-corrected chi connectivity index (χ4v) is 4.65. The zero-order chi connectivity index (χ0) is 15.3. The maximum absolute atomic E-state index is 5.61. The molecule has 0 heterocycles. The summed E-state index contributed by atoms with van der Waals surface area (Å²) in [6.07, 6.45) is 12.8. The molecule has 0 bridgehead atoms. The first-order valence-electron chi connectivity index (χ1n) is 9.34. The summed E-state index contributed by atoms with van der Waals surface area (Å²) in [4.78, 5) is 0. The molecule has 0 saturated heterocycles. The van der Waals surface area contributed by atoms with Crippen LogP contribution in [0, 0.1) is 17.8 Å². The predicted molar refractivity (Wildman–Crippen MR) is 90.6 cm³/mol. The Balaban J connectivity index is 1.88. The van der Waals surface area contributed by atoms with Crippen LogP contribution in [0.15, 0.2) is 0 Å². The summed E-state index contributed by atoms with van der Waals surface area (Å²) in [5, 5.41) is 3.79. The summed E-state index contributed by atoms with van der Waals surface area (Å²) >= 11 is 0. The molecule has 0 aromatic heterocycles. The molecule has 0 aromatic carbocycles. The van der Waals surface area contributed by atoms with Crippen molar-refractivity contribution in [1.29, 1.82) is 0 Å². The lowest BCUT2D eigenvalue weighted by molar-refractivity contribution is 0.00784. The Morgan fingerprint density at radius 2 is 1.81 bits per heavy atom. The van der Waals surface area contributed by atoms with Crippen LogP contribution in [0.25, 0.3) is 0 Å². The van der Waals surface area contributed by atoms with Crippen LogP contribution in [0.4, 0.5) is 0 Å². The largest absolute Gasteiger partial charge is 0.379 e. The van der Waals surface area contributed by atoms with Gasteiger partial charge in [-0.1, -0.05) is 32.6 Å². The highest BCUT2D eigenvalue weighted by atomic mass is 16.5. The van der Waals surface area contributed by atoms with E-state index in [-0.39, 0.29) is 5.60 Å². The van der Waals surface area contributed by atoms with Gasteiger partial charge in [-0.3, -0.25) is 0 Å². The van der Waals surface area contributed by atoms with Gasteiger partial charge < -0.3 is 10.1 Å². The topological polar surface area (TPSA) is 21.3 Å². The van der Waals surface area contributed by atoms with Crippen LogP contribution in [0.1, 0.15) is 78.6 Å². The highest BCUT2D eigenvalue weighted by molar-refractivity contribution is 4.89. The normalized spacial score (nSPS) is 31.7. The van der Waals surface area contributed by atoms with E-state index in [1.54, 1.807) is 0 Å². The lowest BCUT2D eigenvalue weighted by Gasteiger charge is -2.42. The van der Waals surface area contributed by atoms with Crippen LogP contribution in [-0.4, -0.2) is 25.3 Å². The summed E-state index contributed by atoms with van der Waals surface area (Å²) in [6.45, 7) is 7.78. The van der Waals surface area contributed by atoms with Crippen LogP contribution < -0.4 is 5.32 Å². The second-order valence-corrected chi connectivity index (χ2v) is 8.04. The number of ether oxygens (including phenoxy) is 1. The van der Waals surface area contributed by atoms with E-state index in [2.05, 4.69) is 26.1 Å². The molecule has 2 saturated carbocycles. The van der Waals surface area contributed by atoms with Gasteiger partial charge in [-0.05, 0) is 70.3 Å². The van der Waals surface area contributed by atoms with E-state index in [1.165, 1.54) is 51.4 Å². The third-order valence-electron chi connectivity index (χ3n) is 6.23. The van der Waals surface area contributed by atoms with E-state index in [0.29, 0.717) is 6.04 Å². The van der Waals surface area contributed by atoms with E-state index < -0.39 is 0 Å². The molecule has 0 aliphatic heterocycles. The van der Waals surface area contributed by atoms with Gasteiger partial charge in [0.05, 0.1) is 5.60 Å². The molecule has 1 N–H and O–H groups in total. The van der Waals surface area contributed by atoms with Gasteiger partial charge in [-0.2, -0.15) is 0 Å². The van der Waals surface area contributed by atoms with Crippen molar-refractivity contribution < 1.29 is 4.74 Å². The first kappa shape index (κ1) is 17.3. The fourth-order valence-electron chi connectivity index (χ4n) is 4.65. The highest BCUT2D eigenvalue weighted by Crippen LogP contribution is 2.44. The first-order chi connectivity index (χ1) is 10.1. The Morgan fingerprint density at radius 3 is 2.48 bits per heavy atom. The zero-order valence-electron chi connectivity index (χ0n) is 14.8. The number of methoxy groups -OCH3 is 1. The molecule has 0 spiro atoms. The van der Waals surface area contributed by atoms with E-state index in [1.807, 2.05) is 7.11 Å². The molecule has 2 aliphatic rings. The molecule has 2 aliphatic carbocycles. The minimum atomic E-state index is 0.0235. The van der Waals surface area contributed by atoms with Gasteiger partial charge in [-0.15, -0.1) is 0 Å². The Kier molecular flexibility index (Phi) is 6.55. The molecule has 0 aromatic rings. The third-order valence-corrected chi connectivity index (χ3v) is 6.23. The van der Waals surface area contributed by atoms with Crippen molar-refractivity contribution in [3.63, 3.8) is 0 Å². The minimum absolute atomic E-state index is 0.0235. The third kappa shape index (κ3) is 4.96. The van der Waals surface area contributed by atoms with Crippen molar-refractivity contribution in [3.05, 3.63) is 0 Å². The van der Waals surface area contributed by atoms with Crippen LogP contribution >= 0.6 is 0 Å². The predicted octanol–water partition coefficient (Wildman–Crippen LogP) is 4.78. The molecule has 2 rings (SSSR count). The van der Waals surface area contributed by atoms with Gasteiger partial charge in [0, 0.05) is 13.2 Å². The smallest absolute Gasteiger partial charge is 0.0623 e. The summed E-state index contributed by atoms with van der Waals surface area (Å²) < 4.78 is 5.61. The monoisotopic (exact) mass is 295 g/mol. The number of nitrogens with one attached hydrogen (secondary N) is 1. The van der Waals surface area contributed by atoms with E-state index >= 15 is 0 Å². The van der Waals surface area contributed by atoms with Crippen molar-refractivity contribution in [2.75, 3.05) is 13.7 Å². The van der Waals surface area contributed by atoms with Gasteiger partial charge in [-0.25, -0.2) is 0 Å². The number of rotatable bonds is 7. The maximum atomic E-state index is 5.61. The summed E-state index contributed by atoms with van der Waals surface area (Å²) in [7, 11) is 1.84. The zero-order valence-corrected chi connectivity index (χ0v) is 14.8. The van der Waals surface area contributed by atoms with E-state index in [0.717, 1.165) is 30.7 Å². The van der Waals surface area contributed by atoms with E-state index in [4.69, 9.17) is 4.74 Å². The van der Waals surface area contributed by atoms with Crippen LogP contribution in [-0.2, 0) is 4.74 Å². The van der Waals surface area contributed by atoms with Crippen molar-refractivity contribution in [2.45, 2.75) is 90.2 Å². The molecule has 2 fully saturated rings. The number of hydrogen-bond donors (Lipinski definition) is 1. The Hall–Kier alpha value is -0.0800. The molecule has 2 heteroatoms. The minimum Gasteiger partial charge on any atom is -0.379 e. The van der Waals surface area contributed by atoms with Gasteiger partial charge >= 0.3 is 0 Å². The number of hydrogen-bond acceptors (Lipinski definition) is 2. The van der Waals surface area contributed by atoms with Gasteiger partial charge in [0.2, 0.25) is 0 Å². The molecule has 2 nitrogen and oxygen atoms in total. The second-order valence-electron chi connectivity index (χ2n) is 8.04. The van der Waals surface area contributed by atoms with Gasteiger partial charge in [0.1, 0.15) is 0 Å². The second kappa shape index (κ2) is 7.97. The average Bonchev–Trinajstić information content (AvgIpc) is 2.51. The maximum Gasteiger partial charge on any atom is 0.0623 e. The fraction of sp³-hybridized carbons (Fsp3) is 1.00. The molecule has 0 amide bonds. The SMILES string of the molecule is CCNC(CCC(C)(C)OC)C1CCC2CCCCC2C1. The number of fused-ring (bicyclic) bond motifs is 1. The summed E-state index contributed by atoms with van der Waals surface area (Å²) in [5.41, 5.74) is 0.0235. The van der Waals surface area contributed by atoms with Crippen molar-refractivity contribution >= 4 is 0 Å². The lowest BCUT2D eigenvalue weighted by Crippen LogP contribution is -2.42. The molecular formula is C19H37NO. The average molecular weight is 296 g/mol. The molecule has 0 radical (unpaired) electrons. The highest BCUT2D eigenvalue weighted by Gasteiger charge is 2.35. The Morgan fingerprint density at radius 1 is 1.10 bits per heavy atom. The van der Waals surface area contributed by atoms with Crippen LogP contribution in [0.3, 0.4) is 0 Å². The van der Waals surface area contributed by atoms with Crippen LogP contribution in [0.2, 0.25) is 0 Å². The van der Waals surface area contributed by atoms with E-state index in [9.17, 15) is 0 Å². The molecule has 4 atom stereocenters. The summed E-state index contributed by atoms with van der Waals surface area (Å²) in [5.74, 6) is 3.00. The van der Waals surface area contributed by atoms with Crippen molar-refractivity contribution in [2.24, 2.45) is 17.8 Å². The van der Waals surface area contributed by atoms with Crippen molar-refractivity contribution in [3.8, 4) is 0 Å². The molecule has 4 unspecified atom stereocenters.